The average molecular weight is 442 g/mol. The normalized spacial score (nSPS) is 17.9. The molecule has 32 heavy (non-hydrogen) atoms. The zero-order chi connectivity index (χ0) is 23.1. The number of furan rings is 1. The number of aliphatic hydroxyl groups is 1. The molecule has 7 nitrogen and oxygen atoms in total. The van der Waals surface area contributed by atoms with Crippen molar-refractivity contribution < 1.29 is 9.52 Å². The number of nitrogens with zero attached hydrogens (tertiary/aromatic N) is 3. The molecule has 1 saturated heterocycles. The quantitative estimate of drug-likeness (QED) is 0.432. The second-order valence-electron chi connectivity index (χ2n) is 9.05. The number of rotatable bonds is 8. The molecule has 2 heterocycles. The van der Waals surface area contributed by atoms with Crippen molar-refractivity contribution in [2.24, 2.45) is 4.99 Å². The van der Waals surface area contributed by atoms with E-state index in [4.69, 9.17) is 9.41 Å². The first-order chi connectivity index (χ1) is 15.3. The van der Waals surface area contributed by atoms with Gasteiger partial charge in [0, 0.05) is 44.8 Å². The van der Waals surface area contributed by atoms with Gasteiger partial charge in [-0.25, -0.2) is 4.99 Å². The van der Waals surface area contributed by atoms with E-state index in [1.807, 2.05) is 26.8 Å². The molecule has 2 aromatic rings. The van der Waals surface area contributed by atoms with Crippen LogP contribution < -0.4 is 10.6 Å². The average Bonchev–Trinajstić information content (AvgIpc) is 3.12. The maximum absolute atomic E-state index is 11.0. The Morgan fingerprint density at radius 3 is 2.34 bits per heavy atom. The highest BCUT2D eigenvalue weighted by molar-refractivity contribution is 5.79. The van der Waals surface area contributed by atoms with Gasteiger partial charge in [-0.05, 0) is 51.9 Å². The lowest BCUT2D eigenvalue weighted by molar-refractivity contribution is 0.0601. The van der Waals surface area contributed by atoms with Crippen molar-refractivity contribution in [2.45, 2.75) is 46.4 Å². The van der Waals surface area contributed by atoms with Gasteiger partial charge in [0.05, 0.1) is 13.1 Å². The molecule has 3 N–H and O–H groups in total. The van der Waals surface area contributed by atoms with Crippen LogP contribution in [0.15, 0.2) is 39.7 Å². The molecule has 1 aliphatic rings. The van der Waals surface area contributed by atoms with Crippen LogP contribution in [0, 0.1) is 13.8 Å². The first kappa shape index (κ1) is 24.3. The Balaban J connectivity index is 1.55. The van der Waals surface area contributed by atoms with E-state index in [-0.39, 0.29) is 0 Å². The lowest BCUT2D eigenvalue weighted by atomic mass is 9.96. The van der Waals surface area contributed by atoms with E-state index in [9.17, 15) is 5.11 Å². The van der Waals surface area contributed by atoms with Crippen LogP contribution in [-0.4, -0.2) is 67.2 Å². The summed E-state index contributed by atoms with van der Waals surface area (Å²) in [7, 11) is 2.18. The Kier molecular flexibility index (Phi) is 8.34. The number of hydrogen-bond donors (Lipinski definition) is 3. The largest absolute Gasteiger partial charge is 0.466 e. The van der Waals surface area contributed by atoms with E-state index in [0.717, 1.165) is 61.9 Å². The summed E-state index contributed by atoms with van der Waals surface area (Å²) in [4.78, 5) is 9.59. The first-order valence-electron chi connectivity index (χ1n) is 11.6. The standard InChI is InChI=1S/C25H39N5O2/c1-6-26-24(28-18-25(4,31)23-15-19(2)32-20(23)3)27-16-21-7-9-22(10-8-21)17-30-13-11-29(5)12-14-30/h7-10,15,31H,6,11-14,16-18H2,1-5H3,(H2,26,27,28). The second kappa shape index (κ2) is 11.0. The van der Waals surface area contributed by atoms with E-state index in [0.29, 0.717) is 19.0 Å². The molecule has 1 unspecified atom stereocenters. The SMILES string of the molecule is CCNC(=NCc1ccc(CN2CCN(C)CC2)cc1)NCC(C)(O)c1cc(C)oc1C. The van der Waals surface area contributed by atoms with Crippen molar-refractivity contribution in [1.82, 2.24) is 20.4 Å². The van der Waals surface area contributed by atoms with Crippen LogP contribution in [0.5, 0.6) is 0 Å². The Morgan fingerprint density at radius 2 is 1.75 bits per heavy atom. The maximum Gasteiger partial charge on any atom is 0.191 e. The van der Waals surface area contributed by atoms with Gasteiger partial charge in [0.2, 0.25) is 0 Å². The predicted octanol–water partition coefficient (Wildman–Crippen LogP) is 2.61. The Bertz CT molecular complexity index is 880. The Morgan fingerprint density at radius 1 is 1.09 bits per heavy atom. The number of benzene rings is 1. The molecular formula is C25H39N5O2. The zero-order valence-electron chi connectivity index (χ0n) is 20.2. The van der Waals surface area contributed by atoms with Gasteiger partial charge < -0.3 is 25.1 Å². The number of guanidine groups is 1. The third kappa shape index (κ3) is 6.82. The van der Waals surface area contributed by atoms with Crippen LogP contribution in [0.2, 0.25) is 0 Å². The van der Waals surface area contributed by atoms with Gasteiger partial charge in [0.15, 0.2) is 5.96 Å². The number of likely N-dealkylation sites (N-methyl/N-ethyl adjacent to an activating group) is 1. The summed E-state index contributed by atoms with van der Waals surface area (Å²) in [6.45, 7) is 14.8. The fourth-order valence-corrected chi connectivity index (χ4v) is 4.04. The summed E-state index contributed by atoms with van der Waals surface area (Å²) in [6.07, 6.45) is 0. The topological polar surface area (TPSA) is 76.3 Å². The van der Waals surface area contributed by atoms with Crippen molar-refractivity contribution in [1.29, 1.82) is 0 Å². The molecule has 0 saturated carbocycles. The van der Waals surface area contributed by atoms with Gasteiger partial charge in [-0.1, -0.05) is 24.3 Å². The molecular weight excluding hydrogens is 402 g/mol. The first-order valence-corrected chi connectivity index (χ1v) is 11.6. The minimum absolute atomic E-state index is 0.336. The summed E-state index contributed by atoms with van der Waals surface area (Å²) in [5, 5.41) is 17.5. The number of aryl methyl sites for hydroxylation is 2. The molecule has 1 atom stereocenters. The van der Waals surface area contributed by atoms with Crippen molar-refractivity contribution in [3.05, 3.63) is 58.5 Å². The van der Waals surface area contributed by atoms with E-state index in [1.165, 1.54) is 5.56 Å². The molecule has 3 rings (SSSR count). The highest BCUT2D eigenvalue weighted by Crippen LogP contribution is 2.26. The van der Waals surface area contributed by atoms with Gasteiger partial charge in [-0.3, -0.25) is 4.90 Å². The summed E-state index contributed by atoms with van der Waals surface area (Å²) >= 11 is 0. The van der Waals surface area contributed by atoms with Crippen molar-refractivity contribution in [3.63, 3.8) is 0 Å². The minimum atomic E-state index is -1.05. The van der Waals surface area contributed by atoms with Crippen LogP contribution in [0.25, 0.3) is 0 Å². The molecule has 7 heteroatoms. The van der Waals surface area contributed by atoms with Crippen molar-refractivity contribution in [2.75, 3.05) is 46.3 Å². The van der Waals surface area contributed by atoms with Crippen LogP contribution in [0.3, 0.4) is 0 Å². The molecule has 176 valence electrons. The van der Waals surface area contributed by atoms with E-state index in [1.54, 1.807) is 6.92 Å². The molecule has 0 amide bonds. The Hall–Kier alpha value is -2.35. The fraction of sp³-hybridized carbons (Fsp3) is 0.560. The van der Waals surface area contributed by atoms with Crippen molar-refractivity contribution >= 4 is 5.96 Å². The van der Waals surface area contributed by atoms with Gasteiger partial charge in [-0.15, -0.1) is 0 Å². The number of aliphatic imine (C=N–C) groups is 1. The monoisotopic (exact) mass is 441 g/mol. The summed E-state index contributed by atoms with van der Waals surface area (Å²) in [5.74, 6) is 2.23. The molecule has 0 bridgehead atoms. The van der Waals surface area contributed by atoms with Gasteiger partial charge in [0.25, 0.3) is 0 Å². The number of nitrogens with one attached hydrogen (secondary N) is 2. The van der Waals surface area contributed by atoms with Crippen molar-refractivity contribution in [3.8, 4) is 0 Å². The van der Waals surface area contributed by atoms with Gasteiger partial charge >= 0.3 is 0 Å². The van der Waals surface area contributed by atoms with Crippen LogP contribution in [0.4, 0.5) is 0 Å². The fourth-order valence-electron chi connectivity index (χ4n) is 4.04. The molecule has 1 aromatic carbocycles. The van der Waals surface area contributed by atoms with E-state index in [2.05, 4.69) is 51.7 Å². The highest BCUT2D eigenvalue weighted by Gasteiger charge is 2.27. The molecule has 1 aromatic heterocycles. The molecule has 1 aliphatic heterocycles. The van der Waals surface area contributed by atoms with Crippen LogP contribution in [-0.2, 0) is 18.7 Å². The highest BCUT2D eigenvalue weighted by atomic mass is 16.3. The number of piperazine rings is 1. The number of hydrogen-bond acceptors (Lipinski definition) is 5. The smallest absolute Gasteiger partial charge is 0.191 e. The van der Waals surface area contributed by atoms with Gasteiger partial charge in [-0.2, -0.15) is 0 Å². The molecule has 0 radical (unpaired) electrons. The summed E-state index contributed by atoms with van der Waals surface area (Å²) in [6, 6.07) is 10.6. The summed E-state index contributed by atoms with van der Waals surface area (Å²) < 4.78 is 5.58. The Labute approximate surface area is 192 Å². The maximum atomic E-state index is 11.0. The molecule has 0 spiro atoms. The zero-order valence-corrected chi connectivity index (χ0v) is 20.2. The van der Waals surface area contributed by atoms with E-state index < -0.39 is 5.60 Å². The summed E-state index contributed by atoms with van der Waals surface area (Å²) in [5.41, 5.74) is 2.25. The second-order valence-corrected chi connectivity index (χ2v) is 9.05. The lowest BCUT2D eigenvalue weighted by Gasteiger charge is -2.32. The minimum Gasteiger partial charge on any atom is -0.466 e. The lowest BCUT2D eigenvalue weighted by Crippen LogP contribution is -2.44. The molecule has 1 fully saturated rings. The molecule has 0 aliphatic carbocycles. The van der Waals surface area contributed by atoms with E-state index >= 15 is 0 Å². The van der Waals surface area contributed by atoms with Gasteiger partial charge in [0.1, 0.15) is 17.1 Å². The predicted molar refractivity (Wildman–Crippen MR) is 130 cm³/mol. The third-order valence-electron chi connectivity index (χ3n) is 6.01. The third-order valence-corrected chi connectivity index (χ3v) is 6.01. The van der Waals surface area contributed by atoms with Crippen LogP contribution in [0.1, 0.15) is 42.1 Å². The van der Waals surface area contributed by atoms with Crippen LogP contribution >= 0.6 is 0 Å².